The molecule has 6 amide bonds. The van der Waals surface area contributed by atoms with Gasteiger partial charge in [-0.15, -0.1) is 0 Å². The minimum atomic E-state index is -1.44. The van der Waals surface area contributed by atoms with Crippen molar-refractivity contribution >= 4 is 53.0 Å². The molecule has 0 bridgehead atoms. The number of nitrogens with one attached hydrogen (secondary N) is 6. The number of ether oxygens (including phenoxy) is 2. The number of methoxy groups -OCH3 is 1. The number of hydrogen-bond acceptors (Lipinski definition) is 9. The third kappa shape index (κ3) is 15.1. The first-order chi connectivity index (χ1) is 25.3. The molecule has 55 heavy (non-hydrogen) atoms. The van der Waals surface area contributed by atoms with Crippen LogP contribution in [-0.2, 0) is 28.7 Å². The molecule has 0 saturated carbocycles. The van der Waals surface area contributed by atoms with Crippen LogP contribution in [0.4, 0.5) is 16.2 Å². The number of amides is 6. The molecule has 0 aliphatic heterocycles. The van der Waals surface area contributed by atoms with Gasteiger partial charge in [0.25, 0.3) is 5.91 Å². The van der Waals surface area contributed by atoms with Crippen LogP contribution in [0.3, 0.4) is 0 Å². The summed E-state index contributed by atoms with van der Waals surface area (Å²) in [5.41, 5.74) is -2.68. The molecule has 2 aromatic carbocycles. The van der Waals surface area contributed by atoms with Gasteiger partial charge in [-0.1, -0.05) is 39.8 Å². The average Bonchev–Trinajstić information content (AvgIpc) is 3.05. The summed E-state index contributed by atoms with van der Waals surface area (Å²) in [7, 11) is 1.25. The Hall–Kier alpha value is -5.47. The SMILES string of the molecule is COC(=O)c1cccc(NC(=O)C(C)(C)NC(=O)[C@H](CC(C)C)NC(=O)c2cccc(NC(=O)C(C)(C)NC(=O)[C@H](CC(C)C)NC(=O)OC(C)(C)C)c2)c1. The first-order valence-electron chi connectivity index (χ1n) is 18.2. The van der Waals surface area contributed by atoms with Gasteiger partial charge in [-0.25, -0.2) is 9.59 Å². The van der Waals surface area contributed by atoms with Crippen LogP contribution in [0.5, 0.6) is 0 Å². The van der Waals surface area contributed by atoms with Crippen molar-refractivity contribution < 1.29 is 43.0 Å². The van der Waals surface area contributed by atoms with Crippen molar-refractivity contribution in [1.82, 2.24) is 21.3 Å². The zero-order valence-electron chi connectivity index (χ0n) is 34.0. The fraction of sp³-hybridized carbons (Fsp3) is 0.525. The molecular weight excluding hydrogens is 708 g/mol. The van der Waals surface area contributed by atoms with Gasteiger partial charge in [0.05, 0.1) is 12.7 Å². The van der Waals surface area contributed by atoms with Crippen LogP contribution in [0.25, 0.3) is 0 Å². The van der Waals surface area contributed by atoms with Gasteiger partial charge in [0.15, 0.2) is 0 Å². The van der Waals surface area contributed by atoms with Gasteiger partial charge in [0.2, 0.25) is 23.6 Å². The number of anilines is 2. The first kappa shape index (κ1) is 45.7. The number of carbonyl (C=O) groups is 7. The first-order valence-corrected chi connectivity index (χ1v) is 18.2. The lowest BCUT2D eigenvalue weighted by Gasteiger charge is -2.29. The number of rotatable bonds is 16. The molecule has 2 aromatic rings. The molecule has 0 fully saturated rings. The predicted octanol–water partition coefficient (Wildman–Crippen LogP) is 4.92. The van der Waals surface area contributed by atoms with E-state index >= 15 is 0 Å². The summed E-state index contributed by atoms with van der Waals surface area (Å²) in [6.45, 7) is 18.7. The van der Waals surface area contributed by atoms with Crippen molar-refractivity contribution in [2.24, 2.45) is 11.8 Å². The van der Waals surface area contributed by atoms with Gasteiger partial charge in [-0.2, -0.15) is 0 Å². The Balaban J connectivity index is 2.15. The number of hydrogen-bond donors (Lipinski definition) is 6. The topological polar surface area (TPSA) is 210 Å². The third-order valence-corrected chi connectivity index (χ3v) is 7.97. The van der Waals surface area contributed by atoms with E-state index in [2.05, 4.69) is 31.9 Å². The molecule has 2 atom stereocenters. The number of esters is 1. The average molecular weight is 767 g/mol. The van der Waals surface area contributed by atoms with E-state index < -0.39 is 70.4 Å². The second kappa shape index (κ2) is 19.2. The van der Waals surface area contributed by atoms with E-state index in [0.29, 0.717) is 12.1 Å². The summed E-state index contributed by atoms with van der Waals surface area (Å²) in [5.74, 6) is -3.47. The molecule has 0 radical (unpaired) electrons. The molecule has 0 heterocycles. The highest BCUT2D eigenvalue weighted by atomic mass is 16.6. The van der Waals surface area contributed by atoms with E-state index in [1.165, 1.54) is 59.1 Å². The molecule has 0 aromatic heterocycles. The van der Waals surface area contributed by atoms with Gasteiger partial charge in [-0.3, -0.25) is 24.0 Å². The zero-order valence-corrected chi connectivity index (χ0v) is 34.0. The Morgan fingerprint density at radius 1 is 0.618 bits per heavy atom. The smallest absolute Gasteiger partial charge is 0.408 e. The maximum Gasteiger partial charge on any atom is 0.408 e. The fourth-order valence-corrected chi connectivity index (χ4v) is 5.16. The minimum absolute atomic E-state index is 0.0171. The van der Waals surface area contributed by atoms with Crippen molar-refractivity contribution in [3.8, 4) is 0 Å². The fourth-order valence-electron chi connectivity index (χ4n) is 5.16. The van der Waals surface area contributed by atoms with Gasteiger partial charge in [-0.05, 0) is 110 Å². The van der Waals surface area contributed by atoms with Crippen molar-refractivity contribution in [1.29, 1.82) is 0 Å². The van der Waals surface area contributed by atoms with Crippen LogP contribution in [0.15, 0.2) is 48.5 Å². The maximum atomic E-state index is 13.5. The largest absolute Gasteiger partial charge is 0.465 e. The number of alkyl carbamates (subject to hydrolysis) is 1. The summed E-state index contributed by atoms with van der Waals surface area (Å²) < 4.78 is 10.0. The van der Waals surface area contributed by atoms with Crippen LogP contribution in [0, 0.1) is 11.8 Å². The molecule has 0 unspecified atom stereocenters. The molecule has 0 aliphatic rings. The highest BCUT2D eigenvalue weighted by Gasteiger charge is 2.35. The molecule has 0 saturated heterocycles. The Kier molecular flexibility index (Phi) is 16.0. The lowest BCUT2D eigenvalue weighted by Crippen LogP contribution is -2.58. The Labute approximate surface area is 323 Å². The van der Waals surface area contributed by atoms with Crippen LogP contribution >= 0.6 is 0 Å². The minimum Gasteiger partial charge on any atom is -0.465 e. The summed E-state index contributed by atoms with van der Waals surface area (Å²) >= 11 is 0. The monoisotopic (exact) mass is 766 g/mol. The molecule has 15 heteroatoms. The maximum absolute atomic E-state index is 13.5. The second-order valence-electron chi connectivity index (χ2n) is 16.3. The van der Waals surface area contributed by atoms with E-state index in [0.717, 1.165) is 0 Å². The lowest BCUT2D eigenvalue weighted by atomic mass is 9.99. The van der Waals surface area contributed by atoms with Crippen molar-refractivity contribution in [2.45, 2.75) is 118 Å². The van der Waals surface area contributed by atoms with Crippen molar-refractivity contribution in [3.63, 3.8) is 0 Å². The summed E-state index contributed by atoms with van der Waals surface area (Å²) in [6, 6.07) is 10.2. The number of carbonyl (C=O) groups excluding carboxylic acids is 7. The zero-order chi connectivity index (χ0) is 41.9. The summed E-state index contributed by atoms with van der Waals surface area (Å²) in [4.78, 5) is 91.3. The molecule has 6 N–H and O–H groups in total. The van der Waals surface area contributed by atoms with Crippen molar-refractivity contribution in [2.75, 3.05) is 17.7 Å². The van der Waals surface area contributed by atoms with Crippen molar-refractivity contribution in [3.05, 3.63) is 59.7 Å². The summed E-state index contributed by atoms with van der Waals surface area (Å²) in [5, 5.41) is 16.2. The predicted molar refractivity (Wildman–Crippen MR) is 209 cm³/mol. The lowest BCUT2D eigenvalue weighted by molar-refractivity contribution is -0.130. The second-order valence-corrected chi connectivity index (χ2v) is 16.3. The molecule has 2 rings (SSSR count). The highest BCUT2D eigenvalue weighted by molar-refractivity contribution is 6.04. The van der Waals surface area contributed by atoms with E-state index in [1.54, 1.807) is 45.0 Å². The summed E-state index contributed by atoms with van der Waals surface area (Å²) in [6.07, 6.45) is -0.206. The van der Waals surface area contributed by atoms with E-state index in [-0.39, 0.29) is 35.1 Å². The molecule has 15 nitrogen and oxygen atoms in total. The molecular formula is C40H58N6O9. The Bertz CT molecular complexity index is 1730. The van der Waals surface area contributed by atoms with Gasteiger partial charge < -0.3 is 41.4 Å². The van der Waals surface area contributed by atoms with E-state index in [9.17, 15) is 33.6 Å². The Morgan fingerprint density at radius 3 is 1.45 bits per heavy atom. The third-order valence-electron chi connectivity index (χ3n) is 7.97. The van der Waals surface area contributed by atoms with E-state index in [4.69, 9.17) is 9.47 Å². The Morgan fingerprint density at radius 2 is 1.04 bits per heavy atom. The van der Waals surface area contributed by atoms with E-state index in [1.807, 2.05) is 27.7 Å². The van der Waals surface area contributed by atoms with Crippen LogP contribution in [0.2, 0.25) is 0 Å². The standard InChI is InChI=1S/C40H58N6O9/c1-23(2)19-29(32(48)45-39(8,9)36(52)42-28-18-14-16-26(22-28)34(50)54-12)43-31(47)25-15-13-17-27(21-25)41-35(51)40(10,11)46-33(49)30(20-24(3)4)44-37(53)55-38(5,6)7/h13-18,21-24,29-30H,19-20H2,1-12H3,(H,41,51)(H,42,52)(H,43,47)(H,44,53)(H,45,48)(H,46,49)/t29-,30-/m0/s1. The molecule has 302 valence electrons. The van der Waals surface area contributed by atoms with Crippen LogP contribution in [0.1, 0.15) is 110 Å². The molecule has 0 spiro atoms. The van der Waals surface area contributed by atoms with Crippen LogP contribution in [-0.4, -0.2) is 77.5 Å². The highest BCUT2D eigenvalue weighted by Crippen LogP contribution is 2.18. The van der Waals surface area contributed by atoms with Gasteiger partial charge >= 0.3 is 12.1 Å². The number of benzene rings is 2. The van der Waals surface area contributed by atoms with Gasteiger partial charge in [0.1, 0.15) is 28.8 Å². The van der Waals surface area contributed by atoms with Gasteiger partial charge in [0, 0.05) is 16.9 Å². The normalized spacial score (nSPS) is 12.8. The van der Waals surface area contributed by atoms with Crippen LogP contribution < -0.4 is 31.9 Å². The molecule has 0 aliphatic carbocycles. The quantitative estimate of drug-likeness (QED) is 0.128.